The lowest BCUT2D eigenvalue weighted by Gasteiger charge is -2.23. The average molecular weight is 444 g/mol. The molecule has 1 aliphatic carbocycles. The molecule has 0 heterocycles. The number of hydrogen-bond acceptors (Lipinski definition) is 2. The molecule has 0 radical (unpaired) electrons. The molecular formula is C18H29IN4O. The van der Waals surface area contributed by atoms with Crippen molar-refractivity contribution in [1.82, 2.24) is 16.0 Å². The van der Waals surface area contributed by atoms with Gasteiger partial charge in [0.05, 0.1) is 6.54 Å². The predicted octanol–water partition coefficient (Wildman–Crippen LogP) is 2.73. The molecule has 0 aliphatic heterocycles. The first-order valence-electron chi connectivity index (χ1n) is 8.47. The minimum Gasteiger partial charge on any atom is -0.352 e. The summed E-state index contributed by atoms with van der Waals surface area (Å²) in [4.78, 5) is 16.2. The van der Waals surface area contributed by atoms with E-state index in [9.17, 15) is 4.79 Å². The van der Waals surface area contributed by atoms with Gasteiger partial charge in [-0.3, -0.25) is 9.79 Å². The highest BCUT2D eigenvalue weighted by Gasteiger charge is 2.15. The van der Waals surface area contributed by atoms with Gasteiger partial charge in [0.15, 0.2) is 5.96 Å². The monoisotopic (exact) mass is 444 g/mol. The zero-order valence-corrected chi connectivity index (χ0v) is 16.9. The van der Waals surface area contributed by atoms with Crippen molar-refractivity contribution in [1.29, 1.82) is 0 Å². The van der Waals surface area contributed by atoms with Gasteiger partial charge in [0.25, 0.3) is 0 Å². The van der Waals surface area contributed by atoms with E-state index in [0.29, 0.717) is 18.5 Å². The van der Waals surface area contributed by atoms with Crippen LogP contribution in [0.4, 0.5) is 0 Å². The normalized spacial score (nSPS) is 15.3. The lowest BCUT2D eigenvalue weighted by Crippen LogP contribution is -2.45. The van der Waals surface area contributed by atoms with E-state index in [4.69, 9.17) is 0 Å². The second-order valence-electron chi connectivity index (χ2n) is 6.17. The second kappa shape index (κ2) is 11.3. The zero-order valence-electron chi connectivity index (χ0n) is 14.6. The molecule has 0 unspecified atom stereocenters. The van der Waals surface area contributed by atoms with Crippen molar-refractivity contribution in [2.45, 2.75) is 51.6 Å². The van der Waals surface area contributed by atoms with E-state index in [1.165, 1.54) is 30.4 Å². The van der Waals surface area contributed by atoms with Crippen molar-refractivity contribution >= 4 is 35.8 Å². The lowest BCUT2D eigenvalue weighted by molar-refractivity contribution is -0.120. The SMILES string of the molecule is CN=C(NCC(=O)NC1CCCCC1)NCc1cccc(C)c1.I. The van der Waals surface area contributed by atoms with Gasteiger partial charge in [0.2, 0.25) is 5.91 Å². The van der Waals surface area contributed by atoms with Crippen LogP contribution in [0.5, 0.6) is 0 Å². The Labute approximate surface area is 162 Å². The highest BCUT2D eigenvalue weighted by Crippen LogP contribution is 2.17. The van der Waals surface area contributed by atoms with Gasteiger partial charge in [0, 0.05) is 19.6 Å². The number of hydrogen-bond donors (Lipinski definition) is 3. The number of aryl methyl sites for hydroxylation is 1. The fraction of sp³-hybridized carbons (Fsp3) is 0.556. The molecule has 0 saturated heterocycles. The molecule has 5 nitrogen and oxygen atoms in total. The molecule has 1 saturated carbocycles. The summed E-state index contributed by atoms with van der Waals surface area (Å²) < 4.78 is 0. The number of nitrogens with one attached hydrogen (secondary N) is 3. The highest BCUT2D eigenvalue weighted by molar-refractivity contribution is 14.0. The van der Waals surface area contributed by atoms with E-state index < -0.39 is 0 Å². The van der Waals surface area contributed by atoms with Crippen molar-refractivity contribution in [3.63, 3.8) is 0 Å². The van der Waals surface area contributed by atoms with Crippen LogP contribution in [-0.4, -0.2) is 31.5 Å². The van der Waals surface area contributed by atoms with E-state index >= 15 is 0 Å². The quantitative estimate of drug-likeness (QED) is 0.372. The molecule has 1 aromatic carbocycles. The molecule has 0 spiro atoms. The molecule has 1 aliphatic rings. The van der Waals surface area contributed by atoms with Crippen molar-refractivity contribution in [3.8, 4) is 0 Å². The van der Waals surface area contributed by atoms with Crippen LogP contribution in [0.3, 0.4) is 0 Å². The molecule has 134 valence electrons. The van der Waals surface area contributed by atoms with Gasteiger partial charge < -0.3 is 16.0 Å². The number of halogens is 1. The van der Waals surface area contributed by atoms with E-state index in [1.54, 1.807) is 7.05 Å². The molecule has 1 aromatic rings. The molecule has 0 atom stereocenters. The molecule has 2 rings (SSSR count). The second-order valence-corrected chi connectivity index (χ2v) is 6.17. The highest BCUT2D eigenvalue weighted by atomic mass is 127. The van der Waals surface area contributed by atoms with Gasteiger partial charge >= 0.3 is 0 Å². The van der Waals surface area contributed by atoms with Crippen LogP contribution in [0.15, 0.2) is 29.3 Å². The number of rotatable bonds is 5. The summed E-state index contributed by atoms with van der Waals surface area (Å²) in [5.74, 6) is 0.681. The largest absolute Gasteiger partial charge is 0.352 e. The summed E-state index contributed by atoms with van der Waals surface area (Å²) in [7, 11) is 1.71. The van der Waals surface area contributed by atoms with Crippen molar-refractivity contribution in [2.75, 3.05) is 13.6 Å². The van der Waals surface area contributed by atoms with Crippen molar-refractivity contribution < 1.29 is 4.79 Å². The third-order valence-corrected chi connectivity index (χ3v) is 4.15. The van der Waals surface area contributed by atoms with Crippen LogP contribution >= 0.6 is 24.0 Å². The maximum Gasteiger partial charge on any atom is 0.239 e. The first kappa shape index (κ1) is 20.7. The summed E-state index contributed by atoms with van der Waals surface area (Å²) in [5.41, 5.74) is 2.43. The van der Waals surface area contributed by atoms with Crippen LogP contribution in [-0.2, 0) is 11.3 Å². The number of nitrogens with zero attached hydrogens (tertiary/aromatic N) is 1. The van der Waals surface area contributed by atoms with E-state index in [2.05, 4.69) is 46.1 Å². The summed E-state index contributed by atoms with van der Waals surface area (Å²) in [6.07, 6.45) is 5.94. The average Bonchev–Trinajstić information content (AvgIpc) is 2.56. The Bertz CT molecular complexity index is 542. The lowest BCUT2D eigenvalue weighted by atomic mass is 9.95. The maximum atomic E-state index is 12.0. The molecular weight excluding hydrogens is 415 g/mol. The zero-order chi connectivity index (χ0) is 16.5. The smallest absolute Gasteiger partial charge is 0.239 e. The van der Waals surface area contributed by atoms with Gasteiger partial charge in [-0.2, -0.15) is 0 Å². The van der Waals surface area contributed by atoms with Crippen LogP contribution in [0.1, 0.15) is 43.2 Å². The molecule has 6 heteroatoms. The Balaban J connectivity index is 0.00000288. The minimum atomic E-state index is 0. The summed E-state index contributed by atoms with van der Waals surface area (Å²) in [6, 6.07) is 8.67. The molecule has 1 fully saturated rings. The fourth-order valence-electron chi connectivity index (χ4n) is 2.92. The summed E-state index contributed by atoms with van der Waals surface area (Å²) >= 11 is 0. The number of carbonyl (C=O) groups is 1. The number of amides is 1. The number of guanidine groups is 1. The Morgan fingerprint density at radius 3 is 2.62 bits per heavy atom. The molecule has 1 amide bonds. The molecule has 0 aromatic heterocycles. The molecule has 0 bridgehead atoms. The topological polar surface area (TPSA) is 65.5 Å². The first-order chi connectivity index (χ1) is 11.2. The van der Waals surface area contributed by atoms with E-state index in [1.807, 2.05) is 6.07 Å². The van der Waals surface area contributed by atoms with E-state index in [-0.39, 0.29) is 36.4 Å². The number of benzene rings is 1. The Morgan fingerprint density at radius 1 is 1.21 bits per heavy atom. The van der Waals surface area contributed by atoms with Gasteiger partial charge in [-0.15, -0.1) is 24.0 Å². The predicted molar refractivity (Wildman–Crippen MR) is 110 cm³/mol. The minimum absolute atomic E-state index is 0. The van der Waals surface area contributed by atoms with Gasteiger partial charge in [-0.05, 0) is 25.3 Å². The van der Waals surface area contributed by atoms with Crippen LogP contribution < -0.4 is 16.0 Å². The molecule has 3 N–H and O–H groups in total. The summed E-state index contributed by atoms with van der Waals surface area (Å²) in [5, 5.41) is 9.40. The van der Waals surface area contributed by atoms with Gasteiger partial charge in [0.1, 0.15) is 0 Å². The Kier molecular flexibility index (Phi) is 9.75. The number of aliphatic imine (C=N–C) groups is 1. The van der Waals surface area contributed by atoms with E-state index in [0.717, 1.165) is 12.8 Å². The number of carbonyl (C=O) groups excluding carboxylic acids is 1. The van der Waals surface area contributed by atoms with Crippen molar-refractivity contribution in [3.05, 3.63) is 35.4 Å². The third kappa shape index (κ3) is 7.51. The Morgan fingerprint density at radius 2 is 1.96 bits per heavy atom. The van der Waals surface area contributed by atoms with Crippen molar-refractivity contribution in [2.24, 2.45) is 4.99 Å². The van der Waals surface area contributed by atoms with Crippen LogP contribution in [0, 0.1) is 6.92 Å². The fourth-order valence-corrected chi connectivity index (χ4v) is 2.92. The van der Waals surface area contributed by atoms with Crippen LogP contribution in [0.2, 0.25) is 0 Å². The molecule has 24 heavy (non-hydrogen) atoms. The van der Waals surface area contributed by atoms with Gasteiger partial charge in [-0.25, -0.2) is 0 Å². The standard InChI is InChI=1S/C18H28N4O.HI/c1-14-7-6-8-15(11-14)12-20-18(19-2)21-13-17(23)22-16-9-4-3-5-10-16;/h6-8,11,16H,3-5,9-10,12-13H2,1-2H3,(H,22,23)(H2,19,20,21);1H. The van der Waals surface area contributed by atoms with Crippen LogP contribution in [0.25, 0.3) is 0 Å². The first-order valence-corrected chi connectivity index (χ1v) is 8.47. The third-order valence-electron chi connectivity index (χ3n) is 4.15. The summed E-state index contributed by atoms with van der Waals surface area (Å²) in [6.45, 7) is 3.02. The Hall–Kier alpha value is -1.31. The van der Waals surface area contributed by atoms with Gasteiger partial charge in [-0.1, -0.05) is 49.1 Å². The maximum absolute atomic E-state index is 12.0.